The molecule has 84 valence electrons. The highest BCUT2D eigenvalue weighted by Crippen LogP contribution is 2.33. The maximum atomic E-state index is 12.0. The normalized spacial score (nSPS) is 16.9. The van der Waals surface area contributed by atoms with Gasteiger partial charge in [-0.2, -0.15) is 0 Å². The molecular weight excluding hydrogens is 320 g/mol. The van der Waals surface area contributed by atoms with Gasteiger partial charge in [0.1, 0.15) is 0 Å². The number of allylic oxidation sites excluding steroid dienone is 1. The van der Waals surface area contributed by atoms with Crippen LogP contribution in [-0.4, -0.2) is 11.6 Å². The molecule has 0 N–H and O–H groups in total. The second kappa shape index (κ2) is 4.01. The van der Waals surface area contributed by atoms with E-state index >= 15 is 0 Å². The lowest BCUT2D eigenvalue weighted by atomic mass is 10.1. The summed E-state index contributed by atoms with van der Waals surface area (Å²) in [6.45, 7) is 0. The van der Waals surface area contributed by atoms with Crippen LogP contribution in [0.4, 0.5) is 0 Å². The highest BCUT2D eigenvalue weighted by Gasteiger charge is 2.34. The Morgan fingerprint density at radius 2 is 1.82 bits per heavy atom. The Morgan fingerprint density at radius 1 is 1.06 bits per heavy atom. The fourth-order valence-corrected chi connectivity index (χ4v) is 3.74. The number of fused-ring (bicyclic) bond motifs is 1. The molecular formula is C12H5BrO2S2. The van der Waals surface area contributed by atoms with E-state index in [-0.39, 0.29) is 17.1 Å². The molecule has 3 rings (SSSR count). The number of halogens is 1. The molecule has 0 amide bonds. The van der Waals surface area contributed by atoms with E-state index in [2.05, 4.69) is 15.9 Å². The summed E-state index contributed by atoms with van der Waals surface area (Å²) in [5.41, 5.74) is 1.69. The zero-order valence-corrected chi connectivity index (χ0v) is 11.6. The summed E-state index contributed by atoms with van der Waals surface area (Å²) in [5.74, 6) is -0.317. The molecule has 1 aliphatic carbocycles. The topological polar surface area (TPSA) is 34.1 Å². The Kier molecular flexibility index (Phi) is 2.61. The summed E-state index contributed by atoms with van der Waals surface area (Å²) >= 11 is 6.25. The van der Waals surface area contributed by atoms with E-state index in [1.807, 2.05) is 11.4 Å². The molecule has 0 saturated carbocycles. The fraction of sp³-hybridized carbons (Fsp3) is 0. The van der Waals surface area contributed by atoms with E-state index in [1.165, 1.54) is 22.7 Å². The number of thiophene rings is 2. The zero-order valence-electron chi connectivity index (χ0n) is 8.40. The molecule has 0 spiro atoms. The van der Waals surface area contributed by atoms with Crippen LogP contribution < -0.4 is 0 Å². The monoisotopic (exact) mass is 324 g/mol. The van der Waals surface area contributed by atoms with Crippen molar-refractivity contribution in [3.05, 3.63) is 48.3 Å². The third-order valence-electron chi connectivity index (χ3n) is 2.55. The third kappa shape index (κ3) is 1.66. The second-order valence-corrected chi connectivity index (χ2v) is 6.68. The van der Waals surface area contributed by atoms with Gasteiger partial charge in [-0.1, -0.05) is 0 Å². The van der Waals surface area contributed by atoms with Crippen molar-refractivity contribution in [2.24, 2.45) is 0 Å². The van der Waals surface area contributed by atoms with Gasteiger partial charge in [-0.15, -0.1) is 22.7 Å². The van der Waals surface area contributed by atoms with Gasteiger partial charge in [-0.25, -0.2) is 0 Å². The van der Waals surface area contributed by atoms with Crippen LogP contribution in [0.5, 0.6) is 0 Å². The molecule has 0 radical (unpaired) electrons. The van der Waals surface area contributed by atoms with E-state index < -0.39 is 0 Å². The van der Waals surface area contributed by atoms with E-state index in [0.717, 1.165) is 9.35 Å². The summed E-state index contributed by atoms with van der Waals surface area (Å²) in [6.07, 6.45) is 1.66. The maximum absolute atomic E-state index is 12.0. The average Bonchev–Trinajstić information content (AvgIpc) is 2.97. The van der Waals surface area contributed by atoms with Gasteiger partial charge in [0.25, 0.3) is 0 Å². The predicted molar refractivity (Wildman–Crippen MR) is 73.0 cm³/mol. The standard InChI is InChI=1S/C12H5BrO2S2/c13-12-6(1-3-17-12)5-8-9(14)7-2-4-16-11(7)10(8)15/h1-5H/b8-5-. The quantitative estimate of drug-likeness (QED) is 0.586. The molecule has 0 saturated heterocycles. The Labute approximate surface area is 114 Å². The SMILES string of the molecule is O=C1/C(=C/c2ccsc2Br)C(=O)c2sccc21. The van der Waals surface area contributed by atoms with Crippen molar-refractivity contribution >= 4 is 56.2 Å². The molecule has 2 aromatic heterocycles. The highest BCUT2D eigenvalue weighted by atomic mass is 79.9. The minimum absolute atomic E-state index is 0.155. The van der Waals surface area contributed by atoms with Crippen LogP contribution >= 0.6 is 38.6 Å². The molecule has 17 heavy (non-hydrogen) atoms. The van der Waals surface area contributed by atoms with Crippen LogP contribution in [0.1, 0.15) is 25.6 Å². The largest absolute Gasteiger partial charge is 0.288 e. The zero-order chi connectivity index (χ0) is 12.0. The molecule has 0 unspecified atom stereocenters. The van der Waals surface area contributed by atoms with Crippen molar-refractivity contribution in [2.75, 3.05) is 0 Å². The van der Waals surface area contributed by atoms with Gasteiger partial charge in [-0.3, -0.25) is 9.59 Å². The number of carbonyl (C=O) groups excluding carboxylic acids is 2. The first-order valence-corrected chi connectivity index (χ1v) is 7.35. The van der Waals surface area contributed by atoms with Gasteiger partial charge in [-0.05, 0) is 44.9 Å². The Balaban J connectivity index is 2.11. The van der Waals surface area contributed by atoms with Crippen molar-refractivity contribution < 1.29 is 9.59 Å². The summed E-state index contributed by atoms with van der Waals surface area (Å²) in [4.78, 5) is 24.6. The summed E-state index contributed by atoms with van der Waals surface area (Å²) in [6, 6.07) is 3.60. The van der Waals surface area contributed by atoms with Gasteiger partial charge in [0, 0.05) is 11.1 Å². The third-order valence-corrected chi connectivity index (χ3v) is 5.20. The Bertz CT molecular complexity index is 631. The molecule has 1 aliphatic rings. The fourth-order valence-electron chi connectivity index (χ4n) is 1.73. The minimum Gasteiger partial charge on any atom is -0.288 e. The van der Waals surface area contributed by atoms with Crippen LogP contribution in [0.3, 0.4) is 0 Å². The van der Waals surface area contributed by atoms with Gasteiger partial charge < -0.3 is 0 Å². The lowest BCUT2D eigenvalue weighted by Crippen LogP contribution is -2.00. The van der Waals surface area contributed by atoms with Crippen LogP contribution in [0.25, 0.3) is 6.08 Å². The van der Waals surface area contributed by atoms with E-state index in [0.29, 0.717) is 10.4 Å². The van der Waals surface area contributed by atoms with Crippen LogP contribution in [0.2, 0.25) is 0 Å². The van der Waals surface area contributed by atoms with Crippen LogP contribution in [0, 0.1) is 0 Å². The number of carbonyl (C=O) groups is 2. The van der Waals surface area contributed by atoms with Crippen LogP contribution in [0.15, 0.2) is 32.3 Å². The number of Topliss-reactive ketones (excluding diaryl/α,β-unsaturated/α-hetero) is 2. The molecule has 0 aromatic carbocycles. The Morgan fingerprint density at radius 3 is 2.47 bits per heavy atom. The summed E-state index contributed by atoms with van der Waals surface area (Å²) in [5, 5.41) is 3.69. The number of hydrogen-bond donors (Lipinski definition) is 0. The van der Waals surface area contributed by atoms with Crippen LogP contribution in [-0.2, 0) is 0 Å². The van der Waals surface area contributed by atoms with Crippen molar-refractivity contribution in [3.8, 4) is 0 Å². The van der Waals surface area contributed by atoms with Gasteiger partial charge in [0.05, 0.1) is 14.2 Å². The molecule has 0 aliphatic heterocycles. The van der Waals surface area contributed by atoms with Crippen molar-refractivity contribution in [1.29, 1.82) is 0 Å². The maximum Gasteiger partial charge on any atom is 0.207 e. The summed E-state index contributed by atoms with van der Waals surface area (Å²) in [7, 11) is 0. The number of rotatable bonds is 1. The minimum atomic E-state index is -0.163. The van der Waals surface area contributed by atoms with Crippen molar-refractivity contribution in [1.82, 2.24) is 0 Å². The molecule has 0 atom stereocenters. The molecule has 0 bridgehead atoms. The van der Waals surface area contributed by atoms with E-state index in [4.69, 9.17) is 0 Å². The second-order valence-electron chi connectivity index (χ2n) is 3.53. The molecule has 2 nitrogen and oxygen atoms in total. The smallest absolute Gasteiger partial charge is 0.207 e. The van der Waals surface area contributed by atoms with Crippen molar-refractivity contribution in [2.45, 2.75) is 0 Å². The molecule has 5 heteroatoms. The first-order chi connectivity index (χ1) is 8.18. The predicted octanol–water partition coefficient (Wildman–Crippen LogP) is 4.03. The summed E-state index contributed by atoms with van der Waals surface area (Å²) < 4.78 is 0.931. The van der Waals surface area contributed by atoms with E-state index in [1.54, 1.807) is 17.5 Å². The number of hydrogen-bond acceptors (Lipinski definition) is 4. The highest BCUT2D eigenvalue weighted by molar-refractivity contribution is 9.11. The average molecular weight is 325 g/mol. The first-order valence-electron chi connectivity index (χ1n) is 4.80. The number of ketones is 2. The molecule has 2 aromatic rings. The lowest BCUT2D eigenvalue weighted by Gasteiger charge is -1.94. The molecule has 2 heterocycles. The first kappa shape index (κ1) is 11.1. The molecule has 0 fully saturated rings. The van der Waals surface area contributed by atoms with Gasteiger partial charge >= 0.3 is 0 Å². The van der Waals surface area contributed by atoms with E-state index in [9.17, 15) is 9.59 Å². The van der Waals surface area contributed by atoms with Gasteiger partial charge in [0.2, 0.25) is 5.78 Å². The van der Waals surface area contributed by atoms with Crippen molar-refractivity contribution in [3.63, 3.8) is 0 Å². The Hall–Kier alpha value is -1.04. The lowest BCUT2D eigenvalue weighted by molar-refractivity contribution is 0.0991. The van der Waals surface area contributed by atoms with Gasteiger partial charge in [0.15, 0.2) is 5.78 Å².